The molecule has 0 bridgehead atoms. The Labute approximate surface area is 76.4 Å². The van der Waals surface area contributed by atoms with Crippen LogP contribution in [-0.4, -0.2) is 10.1 Å². The second-order valence-corrected chi connectivity index (χ2v) is 3.59. The van der Waals surface area contributed by atoms with Gasteiger partial charge in [0.2, 0.25) is 0 Å². The van der Waals surface area contributed by atoms with Crippen LogP contribution in [0, 0.1) is 5.82 Å². The lowest BCUT2D eigenvalue weighted by molar-refractivity contribution is 0.188. The van der Waals surface area contributed by atoms with E-state index in [1.165, 1.54) is 13.0 Å². The first-order valence-electron chi connectivity index (χ1n) is 4.52. The van der Waals surface area contributed by atoms with Gasteiger partial charge in [0.05, 0.1) is 6.10 Å². The Bertz CT molecular complexity index is 321. The third-order valence-electron chi connectivity index (χ3n) is 2.34. The number of hydrogen-bond acceptors (Lipinski definition) is 2. The highest BCUT2D eigenvalue weighted by atomic mass is 19.1. The van der Waals surface area contributed by atoms with Gasteiger partial charge >= 0.3 is 0 Å². The summed E-state index contributed by atoms with van der Waals surface area (Å²) in [5, 5.41) is 9.15. The Morgan fingerprint density at radius 1 is 1.62 bits per heavy atom. The van der Waals surface area contributed by atoms with Crippen LogP contribution < -0.4 is 0 Å². The first kappa shape index (κ1) is 8.63. The van der Waals surface area contributed by atoms with Crippen molar-refractivity contribution in [1.82, 2.24) is 4.98 Å². The van der Waals surface area contributed by atoms with E-state index in [-0.39, 0.29) is 11.5 Å². The highest BCUT2D eigenvalue weighted by Crippen LogP contribution is 2.40. The summed E-state index contributed by atoms with van der Waals surface area (Å²) in [6.07, 6.45) is 3.11. The molecule has 0 unspecified atom stereocenters. The van der Waals surface area contributed by atoms with Crippen LogP contribution in [0.25, 0.3) is 0 Å². The largest absolute Gasteiger partial charge is 0.387 e. The van der Waals surface area contributed by atoms with Crippen LogP contribution in [0.1, 0.15) is 43.0 Å². The van der Waals surface area contributed by atoms with Crippen molar-refractivity contribution in [3.05, 3.63) is 29.3 Å². The maximum Gasteiger partial charge on any atom is 0.147 e. The molecule has 1 aliphatic carbocycles. The van der Waals surface area contributed by atoms with Crippen LogP contribution in [0.2, 0.25) is 0 Å². The van der Waals surface area contributed by atoms with Gasteiger partial charge in [0.25, 0.3) is 0 Å². The lowest BCUT2D eigenvalue weighted by atomic mass is 10.1. The second kappa shape index (κ2) is 3.07. The summed E-state index contributed by atoms with van der Waals surface area (Å²) < 4.78 is 13.3. The van der Waals surface area contributed by atoms with Crippen molar-refractivity contribution in [1.29, 1.82) is 0 Å². The van der Waals surface area contributed by atoms with E-state index >= 15 is 0 Å². The smallest absolute Gasteiger partial charge is 0.147 e. The molecular formula is C10H12FNO. The van der Waals surface area contributed by atoms with Crippen molar-refractivity contribution in [2.45, 2.75) is 31.8 Å². The number of halogens is 1. The molecule has 0 aliphatic heterocycles. The van der Waals surface area contributed by atoms with E-state index in [1.54, 1.807) is 6.20 Å². The number of rotatable bonds is 2. The molecule has 0 spiro atoms. The van der Waals surface area contributed by atoms with Crippen LogP contribution >= 0.6 is 0 Å². The average Bonchev–Trinajstić information content (AvgIpc) is 2.85. The van der Waals surface area contributed by atoms with Gasteiger partial charge in [0.1, 0.15) is 11.5 Å². The molecule has 1 saturated carbocycles. The van der Waals surface area contributed by atoms with E-state index in [4.69, 9.17) is 5.11 Å². The standard InChI is InChI=1S/C10H12FNO/c1-6(13)10-9(11)4-8(5-12-10)7-2-3-7/h4-7,13H,2-3H2,1H3/t6-/m0/s1. The minimum Gasteiger partial charge on any atom is -0.387 e. The fourth-order valence-corrected chi connectivity index (χ4v) is 1.41. The van der Waals surface area contributed by atoms with Crippen molar-refractivity contribution in [3.8, 4) is 0 Å². The highest BCUT2D eigenvalue weighted by Gasteiger charge is 2.25. The summed E-state index contributed by atoms with van der Waals surface area (Å²) in [7, 11) is 0. The average molecular weight is 181 g/mol. The van der Waals surface area contributed by atoms with Crippen molar-refractivity contribution >= 4 is 0 Å². The van der Waals surface area contributed by atoms with Crippen molar-refractivity contribution in [3.63, 3.8) is 0 Å². The maximum atomic E-state index is 13.3. The van der Waals surface area contributed by atoms with Gasteiger partial charge < -0.3 is 5.11 Å². The first-order chi connectivity index (χ1) is 6.18. The molecule has 1 N–H and O–H groups in total. The predicted octanol–water partition coefficient (Wildman–Crippen LogP) is 2.15. The molecule has 2 rings (SSSR count). The number of pyridine rings is 1. The zero-order chi connectivity index (χ0) is 9.42. The van der Waals surface area contributed by atoms with Crippen LogP contribution in [0.4, 0.5) is 4.39 Å². The van der Waals surface area contributed by atoms with Gasteiger partial charge in [0, 0.05) is 6.20 Å². The van der Waals surface area contributed by atoms with Gasteiger partial charge in [0.15, 0.2) is 0 Å². The molecule has 0 amide bonds. The van der Waals surface area contributed by atoms with Gasteiger partial charge in [-0.1, -0.05) is 0 Å². The Morgan fingerprint density at radius 2 is 2.31 bits per heavy atom. The first-order valence-corrected chi connectivity index (χ1v) is 4.52. The number of aliphatic hydroxyl groups is 1. The topological polar surface area (TPSA) is 33.1 Å². The molecule has 13 heavy (non-hydrogen) atoms. The molecule has 3 heteroatoms. The third-order valence-corrected chi connectivity index (χ3v) is 2.34. The number of nitrogens with zero attached hydrogens (tertiary/aromatic N) is 1. The lowest BCUT2D eigenvalue weighted by Crippen LogP contribution is -2.00. The Balaban J connectivity index is 2.31. The number of aromatic nitrogens is 1. The van der Waals surface area contributed by atoms with Gasteiger partial charge in [-0.15, -0.1) is 0 Å². The molecule has 1 atom stereocenters. The highest BCUT2D eigenvalue weighted by molar-refractivity contribution is 5.24. The molecule has 1 fully saturated rings. The molecule has 0 radical (unpaired) electrons. The van der Waals surface area contributed by atoms with Crippen LogP contribution in [0.3, 0.4) is 0 Å². The summed E-state index contributed by atoms with van der Waals surface area (Å²) in [4.78, 5) is 3.91. The SMILES string of the molecule is C[C@H](O)c1ncc(C2CC2)cc1F. The van der Waals surface area contributed by atoms with Crippen LogP contribution in [0.15, 0.2) is 12.3 Å². The summed E-state index contributed by atoms with van der Waals surface area (Å²) in [6.45, 7) is 1.52. The predicted molar refractivity (Wildman–Crippen MR) is 46.8 cm³/mol. The van der Waals surface area contributed by atoms with Crippen molar-refractivity contribution < 1.29 is 9.50 Å². The van der Waals surface area contributed by atoms with E-state index < -0.39 is 6.10 Å². The molecular weight excluding hydrogens is 169 g/mol. The molecule has 70 valence electrons. The molecule has 0 aromatic carbocycles. The van der Waals surface area contributed by atoms with Gasteiger partial charge in [-0.2, -0.15) is 0 Å². The van der Waals surface area contributed by atoms with E-state index in [0.717, 1.165) is 18.4 Å². The monoisotopic (exact) mass is 181 g/mol. The zero-order valence-corrected chi connectivity index (χ0v) is 7.50. The summed E-state index contributed by atoms with van der Waals surface area (Å²) in [6, 6.07) is 1.49. The molecule has 1 heterocycles. The molecule has 1 aliphatic rings. The summed E-state index contributed by atoms with van der Waals surface area (Å²) >= 11 is 0. The molecule has 0 saturated heterocycles. The fourth-order valence-electron chi connectivity index (χ4n) is 1.41. The third kappa shape index (κ3) is 1.70. The van der Waals surface area contributed by atoms with E-state index in [0.29, 0.717) is 5.92 Å². The quantitative estimate of drug-likeness (QED) is 0.758. The van der Waals surface area contributed by atoms with E-state index in [9.17, 15) is 4.39 Å². The Kier molecular flexibility index (Phi) is 2.04. The zero-order valence-electron chi connectivity index (χ0n) is 7.50. The molecule has 1 aromatic heterocycles. The van der Waals surface area contributed by atoms with Gasteiger partial charge in [-0.25, -0.2) is 4.39 Å². The normalized spacial score (nSPS) is 18.7. The van der Waals surface area contributed by atoms with E-state index in [1.807, 2.05) is 0 Å². The maximum absolute atomic E-state index is 13.3. The molecule has 1 aromatic rings. The minimum atomic E-state index is -0.826. The minimum absolute atomic E-state index is 0.143. The second-order valence-electron chi connectivity index (χ2n) is 3.59. The molecule has 2 nitrogen and oxygen atoms in total. The summed E-state index contributed by atoms with van der Waals surface area (Å²) in [5.41, 5.74) is 1.10. The Hall–Kier alpha value is -0.960. The summed E-state index contributed by atoms with van der Waals surface area (Å²) in [5.74, 6) is 0.115. The van der Waals surface area contributed by atoms with Gasteiger partial charge in [-0.05, 0) is 37.3 Å². The van der Waals surface area contributed by atoms with Crippen molar-refractivity contribution in [2.75, 3.05) is 0 Å². The lowest BCUT2D eigenvalue weighted by Gasteiger charge is -2.06. The fraction of sp³-hybridized carbons (Fsp3) is 0.500. The Morgan fingerprint density at radius 3 is 2.77 bits per heavy atom. The number of hydrogen-bond donors (Lipinski definition) is 1. The van der Waals surface area contributed by atoms with Crippen LogP contribution in [-0.2, 0) is 0 Å². The number of aliphatic hydroxyl groups excluding tert-OH is 1. The van der Waals surface area contributed by atoms with Crippen molar-refractivity contribution in [2.24, 2.45) is 0 Å². The van der Waals surface area contributed by atoms with Crippen LogP contribution in [0.5, 0.6) is 0 Å². The van der Waals surface area contributed by atoms with Gasteiger partial charge in [-0.3, -0.25) is 4.98 Å². The van der Waals surface area contributed by atoms with E-state index in [2.05, 4.69) is 4.98 Å².